The molecule has 8 nitrogen and oxygen atoms in total. The second-order valence-electron chi connectivity index (χ2n) is 7.97. The minimum absolute atomic E-state index is 0.0255. The van der Waals surface area contributed by atoms with Crippen LogP contribution in [0.2, 0.25) is 0 Å². The van der Waals surface area contributed by atoms with Crippen LogP contribution in [0.5, 0.6) is 0 Å². The number of amides is 1. The van der Waals surface area contributed by atoms with Crippen LogP contribution in [-0.4, -0.2) is 58.2 Å². The zero-order valence-corrected chi connectivity index (χ0v) is 16.8. The fraction of sp³-hybridized carbons (Fsp3) is 0.429. The van der Waals surface area contributed by atoms with Crippen molar-refractivity contribution in [3.63, 3.8) is 0 Å². The Kier molecular flexibility index (Phi) is 5.44. The normalized spacial score (nSPS) is 17.4. The maximum atomic E-state index is 12.6. The van der Waals surface area contributed by atoms with Crippen LogP contribution < -0.4 is 10.2 Å². The fourth-order valence-corrected chi connectivity index (χ4v) is 3.71. The van der Waals surface area contributed by atoms with Crippen molar-refractivity contribution < 1.29 is 9.53 Å². The first kappa shape index (κ1) is 19.3. The van der Waals surface area contributed by atoms with Gasteiger partial charge in [-0.05, 0) is 11.0 Å². The molecule has 0 radical (unpaired) electrons. The first-order valence-electron chi connectivity index (χ1n) is 9.86. The number of rotatable bonds is 6. The van der Waals surface area contributed by atoms with E-state index in [1.54, 1.807) is 6.33 Å². The molecule has 152 valence electrons. The van der Waals surface area contributed by atoms with Crippen LogP contribution in [0.3, 0.4) is 0 Å². The van der Waals surface area contributed by atoms with E-state index in [1.165, 1.54) is 6.33 Å². The van der Waals surface area contributed by atoms with E-state index in [-0.39, 0.29) is 17.4 Å². The molecule has 1 atom stereocenters. The Bertz CT molecular complexity index is 971. The maximum Gasteiger partial charge on any atom is 0.220 e. The average Bonchev–Trinajstić information content (AvgIpc) is 3.22. The molecule has 0 unspecified atom stereocenters. The Morgan fingerprint density at radius 1 is 1.28 bits per heavy atom. The summed E-state index contributed by atoms with van der Waals surface area (Å²) in [6.45, 7) is 6.61. The van der Waals surface area contributed by atoms with Gasteiger partial charge in [0.05, 0.1) is 19.0 Å². The largest absolute Gasteiger partial charge is 0.373 e. The predicted octanol–water partition coefficient (Wildman–Crippen LogP) is 2.04. The molecule has 3 heterocycles. The standard InChI is InChI=1S/C21H26N6O2/c1-21(2,15-6-4-3-5-7-15)10-17(28)22-11-16-12-27(8-9-29-16)20-18-19(24-13-23-18)25-14-26-20/h3-7,13-14,16H,8-12H2,1-2H3,(H,22,28)(H,23,24,25,26)/t16-/m1/s1. The highest BCUT2D eigenvalue weighted by Crippen LogP contribution is 2.26. The van der Waals surface area contributed by atoms with E-state index < -0.39 is 0 Å². The highest BCUT2D eigenvalue weighted by molar-refractivity contribution is 5.82. The maximum absolute atomic E-state index is 12.6. The zero-order valence-electron chi connectivity index (χ0n) is 16.8. The first-order valence-corrected chi connectivity index (χ1v) is 9.86. The van der Waals surface area contributed by atoms with Crippen LogP contribution in [0.4, 0.5) is 5.82 Å². The number of carbonyl (C=O) groups excluding carboxylic acids is 1. The van der Waals surface area contributed by atoms with Gasteiger partial charge in [0, 0.05) is 26.1 Å². The molecule has 0 aliphatic carbocycles. The summed E-state index contributed by atoms with van der Waals surface area (Å²) in [5.74, 6) is 0.843. The van der Waals surface area contributed by atoms with E-state index in [0.29, 0.717) is 31.8 Å². The monoisotopic (exact) mass is 394 g/mol. The van der Waals surface area contributed by atoms with Crippen LogP contribution in [0.15, 0.2) is 43.0 Å². The SMILES string of the molecule is CC(C)(CC(=O)NC[C@@H]1CN(c2ncnc3nc[nH]c23)CCO1)c1ccccc1. The van der Waals surface area contributed by atoms with Gasteiger partial charge in [-0.1, -0.05) is 44.2 Å². The zero-order chi connectivity index (χ0) is 20.3. The Labute approximate surface area is 169 Å². The molecule has 3 aromatic rings. The number of hydrogen-bond donors (Lipinski definition) is 2. The number of ether oxygens (including phenoxy) is 1. The van der Waals surface area contributed by atoms with Crippen LogP contribution in [0, 0.1) is 0 Å². The number of morpholine rings is 1. The lowest BCUT2D eigenvalue weighted by molar-refractivity contribution is -0.122. The van der Waals surface area contributed by atoms with Crippen LogP contribution in [-0.2, 0) is 14.9 Å². The van der Waals surface area contributed by atoms with Crippen molar-refractivity contribution >= 4 is 22.9 Å². The summed E-state index contributed by atoms with van der Waals surface area (Å²) in [5.41, 5.74) is 2.40. The number of nitrogens with zero attached hydrogens (tertiary/aromatic N) is 4. The molecule has 1 aliphatic heterocycles. The lowest BCUT2D eigenvalue weighted by atomic mass is 9.81. The van der Waals surface area contributed by atoms with E-state index >= 15 is 0 Å². The summed E-state index contributed by atoms with van der Waals surface area (Å²) in [5, 5.41) is 3.04. The molecule has 1 aromatic carbocycles. The number of benzene rings is 1. The second kappa shape index (κ2) is 8.16. The molecule has 1 saturated heterocycles. The summed E-state index contributed by atoms with van der Waals surface area (Å²) < 4.78 is 5.86. The van der Waals surface area contributed by atoms with Gasteiger partial charge in [-0.3, -0.25) is 4.79 Å². The van der Waals surface area contributed by atoms with E-state index in [0.717, 1.165) is 23.4 Å². The molecule has 29 heavy (non-hydrogen) atoms. The molecule has 0 bridgehead atoms. The van der Waals surface area contributed by atoms with E-state index in [2.05, 4.69) is 56.1 Å². The third-order valence-corrected chi connectivity index (χ3v) is 5.33. The molecule has 1 amide bonds. The van der Waals surface area contributed by atoms with Crippen molar-refractivity contribution in [3.8, 4) is 0 Å². The van der Waals surface area contributed by atoms with Crippen molar-refractivity contribution in [2.45, 2.75) is 31.8 Å². The molecule has 4 rings (SSSR count). The van der Waals surface area contributed by atoms with Gasteiger partial charge >= 0.3 is 0 Å². The number of hydrogen-bond acceptors (Lipinski definition) is 6. The lowest BCUT2D eigenvalue weighted by Gasteiger charge is -2.34. The van der Waals surface area contributed by atoms with Crippen molar-refractivity contribution in [1.29, 1.82) is 0 Å². The highest BCUT2D eigenvalue weighted by Gasteiger charge is 2.27. The van der Waals surface area contributed by atoms with Gasteiger partial charge in [0.2, 0.25) is 5.91 Å². The third kappa shape index (κ3) is 4.37. The van der Waals surface area contributed by atoms with Crippen molar-refractivity contribution in [3.05, 3.63) is 48.5 Å². The van der Waals surface area contributed by atoms with Gasteiger partial charge in [0.15, 0.2) is 11.5 Å². The molecular weight excluding hydrogens is 368 g/mol. The highest BCUT2D eigenvalue weighted by atomic mass is 16.5. The van der Waals surface area contributed by atoms with E-state index in [4.69, 9.17) is 4.74 Å². The van der Waals surface area contributed by atoms with Gasteiger partial charge in [0.25, 0.3) is 0 Å². The Hall–Kier alpha value is -3.00. The molecule has 2 N–H and O–H groups in total. The summed E-state index contributed by atoms with van der Waals surface area (Å²) in [4.78, 5) is 30.6. The fourth-order valence-electron chi connectivity index (χ4n) is 3.71. The molecule has 8 heteroatoms. The van der Waals surface area contributed by atoms with Gasteiger partial charge in [-0.25, -0.2) is 15.0 Å². The summed E-state index contributed by atoms with van der Waals surface area (Å²) in [7, 11) is 0. The number of imidazole rings is 1. The molecule has 1 fully saturated rings. The topological polar surface area (TPSA) is 96.0 Å². The minimum Gasteiger partial charge on any atom is -0.373 e. The Morgan fingerprint density at radius 2 is 2.10 bits per heavy atom. The van der Waals surface area contributed by atoms with Gasteiger partial charge in [0.1, 0.15) is 11.8 Å². The third-order valence-electron chi connectivity index (χ3n) is 5.33. The molecule has 0 saturated carbocycles. The second-order valence-corrected chi connectivity index (χ2v) is 7.97. The van der Waals surface area contributed by atoms with Crippen LogP contribution >= 0.6 is 0 Å². The number of carbonyl (C=O) groups is 1. The average molecular weight is 394 g/mol. The number of nitrogens with one attached hydrogen (secondary N) is 2. The predicted molar refractivity (Wildman–Crippen MR) is 111 cm³/mol. The molecule has 2 aromatic heterocycles. The number of fused-ring (bicyclic) bond motifs is 1. The number of H-pyrrole nitrogens is 1. The van der Waals surface area contributed by atoms with Crippen molar-refractivity contribution in [2.24, 2.45) is 0 Å². The van der Waals surface area contributed by atoms with Crippen molar-refractivity contribution in [2.75, 3.05) is 31.1 Å². The van der Waals surface area contributed by atoms with Crippen LogP contribution in [0.25, 0.3) is 11.2 Å². The van der Waals surface area contributed by atoms with Gasteiger partial charge < -0.3 is 19.9 Å². The summed E-state index contributed by atoms with van der Waals surface area (Å²) in [6, 6.07) is 10.1. The quantitative estimate of drug-likeness (QED) is 0.664. The number of anilines is 1. The molecule has 0 spiro atoms. The van der Waals surface area contributed by atoms with E-state index in [1.807, 2.05) is 18.2 Å². The Balaban J connectivity index is 1.34. The number of aromatic nitrogens is 4. The van der Waals surface area contributed by atoms with E-state index in [9.17, 15) is 4.79 Å². The smallest absolute Gasteiger partial charge is 0.220 e. The Morgan fingerprint density at radius 3 is 2.93 bits per heavy atom. The van der Waals surface area contributed by atoms with Crippen molar-refractivity contribution in [1.82, 2.24) is 25.3 Å². The van der Waals surface area contributed by atoms with Gasteiger partial charge in [-0.2, -0.15) is 0 Å². The number of aromatic amines is 1. The van der Waals surface area contributed by atoms with Gasteiger partial charge in [-0.15, -0.1) is 0 Å². The van der Waals surface area contributed by atoms with Crippen LogP contribution in [0.1, 0.15) is 25.8 Å². The lowest BCUT2D eigenvalue weighted by Crippen LogP contribution is -2.48. The molecule has 1 aliphatic rings. The summed E-state index contributed by atoms with van der Waals surface area (Å²) >= 11 is 0. The first-order chi connectivity index (χ1) is 14.0. The summed E-state index contributed by atoms with van der Waals surface area (Å²) in [6.07, 6.45) is 3.47. The molecular formula is C21H26N6O2. The minimum atomic E-state index is -0.224.